The number of benzene rings is 2. The van der Waals surface area contributed by atoms with Gasteiger partial charge in [-0.1, -0.05) is 18.2 Å². The first-order valence-corrected chi connectivity index (χ1v) is 9.09. The van der Waals surface area contributed by atoms with Crippen LogP contribution in [0.5, 0.6) is 5.75 Å². The molecule has 2 aromatic rings. The summed E-state index contributed by atoms with van der Waals surface area (Å²) in [6.45, 7) is 2.03. The van der Waals surface area contributed by atoms with Crippen LogP contribution in [-0.4, -0.2) is 30.5 Å². The van der Waals surface area contributed by atoms with Crippen molar-refractivity contribution in [1.29, 1.82) is 0 Å². The third-order valence-corrected chi connectivity index (χ3v) is 5.20. The number of fused-ring (bicyclic) bond motifs is 3. The quantitative estimate of drug-likeness (QED) is 0.811. The SMILES string of the molecule is CCOC(=O)N1N=C2c3cc(OC)ccc3CCC2C1c1ccc(F)cc1. The van der Waals surface area contributed by atoms with Crippen LogP contribution in [0.15, 0.2) is 47.6 Å². The second-order valence-corrected chi connectivity index (χ2v) is 6.69. The highest BCUT2D eigenvalue weighted by atomic mass is 19.1. The van der Waals surface area contributed by atoms with Gasteiger partial charge in [0, 0.05) is 11.5 Å². The number of amides is 1. The maximum Gasteiger partial charge on any atom is 0.430 e. The molecule has 0 aromatic heterocycles. The minimum Gasteiger partial charge on any atom is -0.497 e. The molecule has 2 unspecified atom stereocenters. The van der Waals surface area contributed by atoms with Crippen molar-refractivity contribution in [2.45, 2.75) is 25.8 Å². The van der Waals surface area contributed by atoms with Gasteiger partial charge in [0.25, 0.3) is 0 Å². The molecule has 0 saturated carbocycles. The standard InChI is InChI=1S/C21H21FN2O3/c1-3-27-21(25)24-20(14-4-8-15(22)9-5-14)17-11-7-13-6-10-16(26-2)12-18(13)19(17)23-24/h4-6,8-10,12,17,20H,3,7,11H2,1-2H3. The average Bonchev–Trinajstić information content (AvgIpc) is 3.08. The van der Waals surface area contributed by atoms with Crippen molar-refractivity contribution in [2.75, 3.05) is 13.7 Å². The van der Waals surface area contributed by atoms with Crippen LogP contribution >= 0.6 is 0 Å². The minimum atomic E-state index is -0.488. The van der Waals surface area contributed by atoms with E-state index in [2.05, 4.69) is 5.10 Å². The lowest BCUT2D eigenvalue weighted by atomic mass is 9.77. The fourth-order valence-corrected chi connectivity index (χ4v) is 3.95. The molecule has 0 bridgehead atoms. The van der Waals surface area contributed by atoms with E-state index in [0.717, 1.165) is 35.4 Å². The number of rotatable bonds is 3. The van der Waals surface area contributed by atoms with Crippen molar-refractivity contribution in [3.8, 4) is 5.75 Å². The van der Waals surface area contributed by atoms with Gasteiger partial charge < -0.3 is 9.47 Å². The average molecular weight is 368 g/mol. The molecule has 1 aliphatic heterocycles. The summed E-state index contributed by atoms with van der Waals surface area (Å²) in [4.78, 5) is 12.6. The van der Waals surface area contributed by atoms with E-state index in [9.17, 15) is 9.18 Å². The summed E-state index contributed by atoms with van der Waals surface area (Å²) in [5.74, 6) is 0.476. The second-order valence-electron chi connectivity index (χ2n) is 6.69. The minimum absolute atomic E-state index is 0.0273. The van der Waals surface area contributed by atoms with E-state index < -0.39 is 6.09 Å². The van der Waals surface area contributed by atoms with Crippen LogP contribution in [0.3, 0.4) is 0 Å². The molecule has 1 aliphatic carbocycles. The summed E-state index contributed by atoms with van der Waals surface area (Å²) >= 11 is 0. The molecule has 0 fully saturated rings. The monoisotopic (exact) mass is 368 g/mol. The van der Waals surface area contributed by atoms with Gasteiger partial charge >= 0.3 is 6.09 Å². The fraction of sp³-hybridized carbons (Fsp3) is 0.333. The Bertz CT molecular complexity index is 895. The number of methoxy groups -OCH3 is 1. The van der Waals surface area contributed by atoms with E-state index in [-0.39, 0.29) is 24.4 Å². The normalized spacial score (nSPS) is 20.6. The topological polar surface area (TPSA) is 51.1 Å². The summed E-state index contributed by atoms with van der Waals surface area (Å²) in [5.41, 5.74) is 3.90. The number of carbonyl (C=O) groups is 1. The number of aryl methyl sites for hydroxylation is 1. The number of hydrazone groups is 1. The zero-order valence-corrected chi connectivity index (χ0v) is 15.3. The highest BCUT2D eigenvalue weighted by Crippen LogP contribution is 2.44. The zero-order chi connectivity index (χ0) is 19.0. The van der Waals surface area contributed by atoms with Gasteiger partial charge in [-0.2, -0.15) is 10.1 Å². The molecular formula is C21H21FN2O3. The lowest BCUT2D eigenvalue weighted by Crippen LogP contribution is -2.32. The molecule has 1 amide bonds. The van der Waals surface area contributed by atoms with Crippen LogP contribution in [-0.2, 0) is 11.2 Å². The number of halogens is 1. The van der Waals surface area contributed by atoms with Crippen LogP contribution in [0.2, 0.25) is 0 Å². The Morgan fingerprint density at radius 3 is 2.74 bits per heavy atom. The molecule has 0 spiro atoms. The van der Waals surface area contributed by atoms with Gasteiger partial charge in [0.1, 0.15) is 11.6 Å². The maximum atomic E-state index is 13.4. The first kappa shape index (κ1) is 17.5. The van der Waals surface area contributed by atoms with Crippen molar-refractivity contribution in [1.82, 2.24) is 5.01 Å². The summed E-state index contributed by atoms with van der Waals surface area (Å²) in [6.07, 6.45) is 1.26. The predicted molar refractivity (Wildman–Crippen MR) is 99.3 cm³/mol. The van der Waals surface area contributed by atoms with Crippen LogP contribution in [0.4, 0.5) is 9.18 Å². The lowest BCUT2D eigenvalue weighted by molar-refractivity contribution is 0.0909. The lowest BCUT2D eigenvalue weighted by Gasteiger charge is -2.29. The molecule has 2 aromatic carbocycles. The number of nitrogens with zero attached hydrogens (tertiary/aromatic N) is 2. The molecule has 1 heterocycles. The molecule has 4 rings (SSSR count). The first-order valence-electron chi connectivity index (χ1n) is 9.09. The molecular weight excluding hydrogens is 347 g/mol. The largest absolute Gasteiger partial charge is 0.497 e. The molecule has 2 aliphatic rings. The van der Waals surface area contributed by atoms with E-state index >= 15 is 0 Å². The Hall–Kier alpha value is -2.89. The van der Waals surface area contributed by atoms with Gasteiger partial charge in [-0.25, -0.2) is 9.18 Å². The molecule has 6 heteroatoms. The number of ether oxygens (including phenoxy) is 2. The Morgan fingerprint density at radius 1 is 1.26 bits per heavy atom. The highest BCUT2D eigenvalue weighted by Gasteiger charge is 2.44. The van der Waals surface area contributed by atoms with Crippen molar-refractivity contribution < 1.29 is 18.7 Å². The molecule has 140 valence electrons. The van der Waals surface area contributed by atoms with Crippen LogP contribution in [0.1, 0.15) is 36.1 Å². The van der Waals surface area contributed by atoms with E-state index in [1.165, 1.54) is 22.7 Å². The van der Waals surface area contributed by atoms with Gasteiger partial charge in [0.15, 0.2) is 0 Å². The second kappa shape index (κ2) is 7.02. The van der Waals surface area contributed by atoms with E-state index in [1.54, 1.807) is 26.2 Å². The summed E-state index contributed by atoms with van der Waals surface area (Å²) < 4.78 is 24.0. The Labute approximate surface area is 157 Å². The summed E-state index contributed by atoms with van der Waals surface area (Å²) in [6, 6.07) is 11.9. The molecule has 27 heavy (non-hydrogen) atoms. The number of hydrogen-bond donors (Lipinski definition) is 0. The molecule has 2 atom stereocenters. The van der Waals surface area contributed by atoms with Gasteiger partial charge in [-0.15, -0.1) is 0 Å². The van der Waals surface area contributed by atoms with Gasteiger partial charge in [0.05, 0.1) is 25.5 Å². The van der Waals surface area contributed by atoms with E-state index in [0.29, 0.717) is 0 Å². The highest BCUT2D eigenvalue weighted by molar-refractivity contribution is 6.06. The van der Waals surface area contributed by atoms with Crippen molar-refractivity contribution >= 4 is 11.8 Å². The van der Waals surface area contributed by atoms with Crippen LogP contribution in [0.25, 0.3) is 0 Å². The Morgan fingerprint density at radius 2 is 2.04 bits per heavy atom. The van der Waals surface area contributed by atoms with Gasteiger partial charge in [-0.05, 0) is 55.2 Å². The Balaban J connectivity index is 1.79. The van der Waals surface area contributed by atoms with Crippen molar-refractivity contribution in [2.24, 2.45) is 11.0 Å². The molecule has 0 saturated heterocycles. The van der Waals surface area contributed by atoms with Crippen LogP contribution < -0.4 is 4.74 Å². The van der Waals surface area contributed by atoms with Crippen molar-refractivity contribution in [3.63, 3.8) is 0 Å². The smallest absolute Gasteiger partial charge is 0.430 e. The number of carbonyl (C=O) groups excluding carboxylic acids is 1. The van der Waals surface area contributed by atoms with Gasteiger partial charge in [0.2, 0.25) is 0 Å². The van der Waals surface area contributed by atoms with Crippen molar-refractivity contribution in [3.05, 3.63) is 65.0 Å². The summed E-state index contributed by atoms with van der Waals surface area (Å²) in [5, 5.41) is 6.06. The zero-order valence-electron chi connectivity index (χ0n) is 15.3. The summed E-state index contributed by atoms with van der Waals surface area (Å²) in [7, 11) is 1.63. The molecule has 0 N–H and O–H groups in total. The Kier molecular flexibility index (Phi) is 4.56. The third kappa shape index (κ3) is 3.05. The first-order chi connectivity index (χ1) is 13.1. The predicted octanol–water partition coefficient (Wildman–Crippen LogP) is 4.31. The molecule has 5 nitrogen and oxygen atoms in total. The van der Waals surface area contributed by atoms with Crippen LogP contribution in [0, 0.1) is 11.7 Å². The third-order valence-electron chi connectivity index (χ3n) is 5.20. The van der Waals surface area contributed by atoms with Gasteiger partial charge in [-0.3, -0.25) is 0 Å². The number of hydrogen-bond acceptors (Lipinski definition) is 4. The van der Waals surface area contributed by atoms with E-state index in [4.69, 9.17) is 9.47 Å². The maximum absolute atomic E-state index is 13.4. The molecule has 0 radical (unpaired) electrons. The fourth-order valence-electron chi connectivity index (χ4n) is 3.95. The van der Waals surface area contributed by atoms with E-state index in [1.807, 2.05) is 18.2 Å².